The summed E-state index contributed by atoms with van der Waals surface area (Å²) >= 11 is 2.17. The monoisotopic (exact) mass is 270 g/mol. The van der Waals surface area contributed by atoms with Gasteiger partial charge in [0.15, 0.2) is 0 Å². The zero-order valence-electron chi connectivity index (χ0n) is 11.9. The number of hydrogen-bond acceptors (Lipinski definition) is 3. The number of hydrogen-bond donors (Lipinski definition) is 2. The molecule has 3 heteroatoms. The quantitative estimate of drug-likeness (QED) is 0.571. The molecule has 0 bridgehead atoms. The van der Waals surface area contributed by atoms with Crippen molar-refractivity contribution < 1.29 is 0 Å². The summed E-state index contributed by atoms with van der Waals surface area (Å²) in [6.45, 7) is 2.33. The van der Waals surface area contributed by atoms with Gasteiger partial charge in [0.1, 0.15) is 0 Å². The molecular weight excluding hydrogens is 240 g/mol. The molecule has 0 aromatic carbocycles. The fourth-order valence-corrected chi connectivity index (χ4v) is 5.13. The van der Waals surface area contributed by atoms with Crippen LogP contribution in [-0.2, 0) is 0 Å². The van der Waals surface area contributed by atoms with E-state index in [1.807, 2.05) is 0 Å². The normalized spacial score (nSPS) is 31.7. The molecule has 106 valence electrons. The lowest BCUT2D eigenvalue weighted by molar-refractivity contribution is 0.228. The van der Waals surface area contributed by atoms with Gasteiger partial charge in [-0.25, -0.2) is 0 Å². The molecule has 3 N–H and O–H groups in total. The van der Waals surface area contributed by atoms with Crippen LogP contribution in [0, 0.1) is 11.8 Å². The van der Waals surface area contributed by atoms with Crippen molar-refractivity contribution in [1.82, 2.24) is 5.43 Å². The minimum Gasteiger partial charge on any atom is -0.271 e. The van der Waals surface area contributed by atoms with Crippen LogP contribution in [0.25, 0.3) is 0 Å². The molecule has 0 aromatic rings. The summed E-state index contributed by atoms with van der Waals surface area (Å²) in [4.78, 5) is 0. The largest absolute Gasteiger partial charge is 0.271 e. The van der Waals surface area contributed by atoms with E-state index in [4.69, 9.17) is 5.84 Å². The Morgan fingerprint density at radius 1 is 1.11 bits per heavy atom. The van der Waals surface area contributed by atoms with Gasteiger partial charge in [0.2, 0.25) is 0 Å². The van der Waals surface area contributed by atoms with Crippen LogP contribution < -0.4 is 11.3 Å². The van der Waals surface area contributed by atoms with Crippen LogP contribution in [0.5, 0.6) is 0 Å². The molecule has 18 heavy (non-hydrogen) atoms. The van der Waals surface area contributed by atoms with E-state index >= 15 is 0 Å². The van der Waals surface area contributed by atoms with Gasteiger partial charge in [-0.3, -0.25) is 11.3 Å². The minimum absolute atomic E-state index is 0.549. The number of nitrogens with one attached hydrogen (secondary N) is 1. The SMILES string of the molecule is CCC1CCC(C(CSC2CCCC2)NN)CC1. The summed E-state index contributed by atoms with van der Waals surface area (Å²) in [7, 11) is 0. The van der Waals surface area contributed by atoms with Crippen LogP contribution in [0.2, 0.25) is 0 Å². The van der Waals surface area contributed by atoms with E-state index in [0.717, 1.165) is 17.1 Å². The molecule has 0 aliphatic heterocycles. The van der Waals surface area contributed by atoms with Crippen molar-refractivity contribution in [3.8, 4) is 0 Å². The third-order valence-corrected chi connectivity index (χ3v) is 6.56. The van der Waals surface area contributed by atoms with Gasteiger partial charge in [0.25, 0.3) is 0 Å². The third kappa shape index (κ3) is 4.14. The van der Waals surface area contributed by atoms with Gasteiger partial charge in [-0.05, 0) is 37.5 Å². The number of hydrazine groups is 1. The maximum absolute atomic E-state index is 5.79. The van der Waals surface area contributed by atoms with Crippen molar-refractivity contribution in [2.24, 2.45) is 17.7 Å². The first kappa shape index (κ1) is 14.7. The van der Waals surface area contributed by atoms with Gasteiger partial charge in [-0.15, -0.1) is 0 Å². The Morgan fingerprint density at radius 2 is 1.78 bits per heavy atom. The Bertz CT molecular complexity index is 221. The van der Waals surface area contributed by atoms with E-state index in [1.165, 1.54) is 63.5 Å². The van der Waals surface area contributed by atoms with E-state index in [0.29, 0.717) is 6.04 Å². The first-order chi connectivity index (χ1) is 8.83. The molecule has 2 fully saturated rings. The summed E-state index contributed by atoms with van der Waals surface area (Å²) in [5.41, 5.74) is 3.11. The van der Waals surface area contributed by atoms with Crippen LogP contribution in [0.15, 0.2) is 0 Å². The van der Waals surface area contributed by atoms with Crippen LogP contribution in [0.4, 0.5) is 0 Å². The molecule has 0 radical (unpaired) electrons. The van der Waals surface area contributed by atoms with Crippen LogP contribution in [0.1, 0.15) is 64.7 Å². The van der Waals surface area contributed by atoms with Crippen molar-refractivity contribution in [1.29, 1.82) is 0 Å². The summed E-state index contributed by atoms with van der Waals surface area (Å²) in [5, 5.41) is 0.924. The minimum atomic E-state index is 0.549. The fraction of sp³-hybridized carbons (Fsp3) is 1.00. The zero-order valence-corrected chi connectivity index (χ0v) is 12.7. The Kier molecular flexibility index (Phi) is 6.33. The third-order valence-electron chi connectivity index (χ3n) is 5.07. The van der Waals surface area contributed by atoms with E-state index in [9.17, 15) is 0 Å². The van der Waals surface area contributed by atoms with Crippen LogP contribution >= 0.6 is 11.8 Å². The molecule has 0 saturated heterocycles. The molecule has 2 rings (SSSR count). The van der Waals surface area contributed by atoms with E-state index < -0.39 is 0 Å². The topological polar surface area (TPSA) is 38.0 Å². The molecule has 1 atom stereocenters. The second-order valence-electron chi connectivity index (χ2n) is 6.20. The standard InChI is InChI=1S/C15H30N2S/c1-2-12-7-9-13(10-8-12)15(17-16)11-18-14-5-3-4-6-14/h12-15,17H,2-11,16H2,1H3. The first-order valence-corrected chi connectivity index (χ1v) is 8.96. The fourth-order valence-electron chi connectivity index (χ4n) is 3.61. The summed E-state index contributed by atoms with van der Waals surface area (Å²) < 4.78 is 0. The molecule has 2 aliphatic rings. The van der Waals surface area contributed by atoms with E-state index in [2.05, 4.69) is 24.1 Å². The molecule has 0 spiro atoms. The van der Waals surface area contributed by atoms with Gasteiger partial charge < -0.3 is 0 Å². The lowest BCUT2D eigenvalue weighted by atomic mass is 9.78. The van der Waals surface area contributed by atoms with Crippen molar-refractivity contribution in [2.75, 3.05) is 5.75 Å². The molecular formula is C15H30N2S. The second-order valence-corrected chi connectivity index (χ2v) is 7.54. The summed E-state index contributed by atoms with van der Waals surface area (Å²) in [6, 6.07) is 0.549. The Morgan fingerprint density at radius 3 is 2.33 bits per heavy atom. The molecule has 0 aromatic heterocycles. The maximum Gasteiger partial charge on any atom is 0.0329 e. The first-order valence-electron chi connectivity index (χ1n) is 7.91. The number of thioether (sulfide) groups is 1. The number of nitrogens with two attached hydrogens (primary N) is 1. The smallest absolute Gasteiger partial charge is 0.0329 e. The van der Waals surface area contributed by atoms with Gasteiger partial charge in [-0.1, -0.05) is 39.0 Å². The molecule has 2 aliphatic carbocycles. The van der Waals surface area contributed by atoms with Crippen LogP contribution in [-0.4, -0.2) is 17.0 Å². The van der Waals surface area contributed by atoms with Gasteiger partial charge in [0.05, 0.1) is 0 Å². The lowest BCUT2D eigenvalue weighted by Gasteiger charge is -2.33. The summed E-state index contributed by atoms with van der Waals surface area (Å²) in [5.74, 6) is 8.83. The van der Waals surface area contributed by atoms with Crippen molar-refractivity contribution in [2.45, 2.75) is 76.0 Å². The highest BCUT2D eigenvalue weighted by Crippen LogP contribution is 2.35. The van der Waals surface area contributed by atoms with Crippen LogP contribution in [0.3, 0.4) is 0 Å². The highest BCUT2D eigenvalue weighted by molar-refractivity contribution is 7.99. The average molecular weight is 270 g/mol. The highest BCUT2D eigenvalue weighted by atomic mass is 32.2. The highest BCUT2D eigenvalue weighted by Gasteiger charge is 2.27. The van der Waals surface area contributed by atoms with Crippen molar-refractivity contribution in [3.05, 3.63) is 0 Å². The Hall–Kier alpha value is 0.270. The van der Waals surface area contributed by atoms with Gasteiger partial charge in [-0.2, -0.15) is 11.8 Å². The van der Waals surface area contributed by atoms with E-state index in [1.54, 1.807) is 0 Å². The lowest BCUT2D eigenvalue weighted by Crippen LogP contribution is -2.44. The predicted octanol–water partition coefficient (Wildman–Crippen LogP) is 3.71. The molecule has 2 nitrogen and oxygen atoms in total. The van der Waals surface area contributed by atoms with Gasteiger partial charge in [0, 0.05) is 17.0 Å². The molecule has 1 unspecified atom stereocenters. The Labute approximate surface area is 117 Å². The molecule has 2 saturated carbocycles. The summed E-state index contributed by atoms with van der Waals surface area (Å²) in [6.07, 6.45) is 12.7. The molecule has 0 amide bonds. The number of rotatable bonds is 6. The van der Waals surface area contributed by atoms with E-state index in [-0.39, 0.29) is 0 Å². The predicted molar refractivity (Wildman–Crippen MR) is 81.6 cm³/mol. The van der Waals surface area contributed by atoms with Gasteiger partial charge >= 0.3 is 0 Å². The van der Waals surface area contributed by atoms with Crippen molar-refractivity contribution in [3.63, 3.8) is 0 Å². The molecule has 0 heterocycles. The second kappa shape index (κ2) is 7.76. The average Bonchev–Trinajstić information content (AvgIpc) is 2.93. The Balaban J connectivity index is 1.70. The maximum atomic E-state index is 5.79. The van der Waals surface area contributed by atoms with Crippen molar-refractivity contribution >= 4 is 11.8 Å². The zero-order chi connectivity index (χ0) is 12.8.